The molecule has 2 heterocycles. The molecule has 0 aromatic carbocycles. The molecule has 0 aliphatic carbocycles. The maximum Gasteiger partial charge on any atom is 0.249 e. The highest BCUT2D eigenvalue weighted by Crippen LogP contribution is 2.24. The second kappa shape index (κ2) is 6.01. The van der Waals surface area contributed by atoms with Crippen molar-refractivity contribution >= 4 is 19.9 Å². The number of hydrogen-bond donors (Lipinski definition) is 0. The van der Waals surface area contributed by atoms with E-state index < -0.39 is 25.1 Å². The van der Waals surface area contributed by atoms with E-state index in [1.807, 2.05) is 6.92 Å². The van der Waals surface area contributed by atoms with Crippen molar-refractivity contribution < 1.29 is 16.8 Å². The minimum atomic E-state index is -3.56. The summed E-state index contributed by atoms with van der Waals surface area (Å²) in [6, 6.07) is 0. The van der Waals surface area contributed by atoms with Gasteiger partial charge in [-0.3, -0.25) is 0 Å². The van der Waals surface area contributed by atoms with E-state index in [1.54, 1.807) is 7.05 Å². The Morgan fingerprint density at radius 3 is 2.33 bits per heavy atom. The lowest BCUT2D eigenvalue weighted by molar-refractivity contribution is 0.344. The van der Waals surface area contributed by atoms with Crippen molar-refractivity contribution in [2.45, 2.75) is 36.6 Å². The standard InChI is InChI=1S/C11H20N4O4S2/c1-3-8-20(16,17)15-6-4-10(5-7-15)21(18,19)11-13-12-9-14(11)2/h9-10H,3-8H2,1-2H3. The minimum Gasteiger partial charge on any atom is -0.308 e. The Morgan fingerprint density at radius 2 is 1.86 bits per heavy atom. The topological polar surface area (TPSA) is 102 Å². The van der Waals surface area contributed by atoms with E-state index in [9.17, 15) is 16.8 Å². The third kappa shape index (κ3) is 3.27. The van der Waals surface area contributed by atoms with Gasteiger partial charge in [0.1, 0.15) is 6.33 Å². The zero-order chi connectivity index (χ0) is 15.7. The molecule has 1 aliphatic heterocycles. The number of rotatable bonds is 5. The van der Waals surface area contributed by atoms with Crippen LogP contribution in [0.1, 0.15) is 26.2 Å². The van der Waals surface area contributed by atoms with Gasteiger partial charge in [-0.15, -0.1) is 10.2 Å². The molecule has 1 fully saturated rings. The van der Waals surface area contributed by atoms with Gasteiger partial charge < -0.3 is 4.57 Å². The van der Waals surface area contributed by atoms with E-state index in [4.69, 9.17) is 0 Å². The van der Waals surface area contributed by atoms with Crippen LogP contribution in [0.25, 0.3) is 0 Å². The second-order valence-electron chi connectivity index (χ2n) is 5.18. The number of sulfone groups is 1. The molecule has 0 saturated carbocycles. The highest BCUT2D eigenvalue weighted by molar-refractivity contribution is 7.92. The maximum atomic E-state index is 12.5. The lowest BCUT2D eigenvalue weighted by atomic mass is 10.2. The summed E-state index contributed by atoms with van der Waals surface area (Å²) in [7, 11) is -5.24. The van der Waals surface area contributed by atoms with Crippen LogP contribution in [0.2, 0.25) is 0 Å². The molecular formula is C11H20N4O4S2. The van der Waals surface area contributed by atoms with Gasteiger partial charge in [0.25, 0.3) is 0 Å². The third-order valence-corrected chi connectivity index (χ3v) is 7.92. The lowest BCUT2D eigenvalue weighted by Crippen LogP contribution is -2.43. The normalized spacial score (nSPS) is 19.0. The fraction of sp³-hybridized carbons (Fsp3) is 0.818. The smallest absolute Gasteiger partial charge is 0.249 e. The molecule has 1 saturated heterocycles. The highest BCUT2D eigenvalue weighted by Gasteiger charge is 2.36. The summed E-state index contributed by atoms with van der Waals surface area (Å²) in [5.41, 5.74) is 0. The first-order valence-electron chi connectivity index (χ1n) is 6.84. The van der Waals surface area contributed by atoms with Gasteiger partial charge in [-0.1, -0.05) is 6.92 Å². The van der Waals surface area contributed by atoms with Crippen LogP contribution in [0.15, 0.2) is 11.5 Å². The summed E-state index contributed by atoms with van der Waals surface area (Å²) in [5, 5.41) is 6.58. The average Bonchev–Trinajstić information content (AvgIpc) is 2.86. The summed E-state index contributed by atoms with van der Waals surface area (Å²) >= 11 is 0. The number of nitrogens with zero attached hydrogens (tertiary/aromatic N) is 4. The summed E-state index contributed by atoms with van der Waals surface area (Å²) in [6.45, 7) is 2.29. The molecule has 2 rings (SSSR count). The van der Waals surface area contributed by atoms with Gasteiger partial charge in [-0.2, -0.15) is 0 Å². The van der Waals surface area contributed by atoms with Crippen LogP contribution in [-0.2, 0) is 26.9 Å². The Bertz CT molecular complexity index is 688. The van der Waals surface area contributed by atoms with Crippen molar-refractivity contribution in [2.75, 3.05) is 18.8 Å². The maximum absolute atomic E-state index is 12.5. The number of sulfonamides is 1. The van der Waals surface area contributed by atoms with E-state index in [0.29, 0.717) is 6.42 Å². The molecule has 0 atom stereocenters. The highest BCUT2D eigenvalue weighted by atomic mass is 32.2. The van der Waals surface area contributed by atoms with Gasteiger partial charge in [0.2, 0.25) is 25.0 Å². The van der Waals surface area contributed by atoms with E-state index in [0.717, 1.165) is 0 Å². The van der Waals surface area contributed by atoms with Crippen molar-refractivity contribution in [3.63, 3.8) is 0 Å². The van der Waals surface area contributed by atoms with Gasteiger partial charge in [0.05, 0.1) is 11.0 Å². The summed E-state index contributed by atoms with van der Waals surface area (Å²) in [6.07, 6.45) is 2.48. The second-order valence-corrected chi connectivity index (χ2v) is 9.39. The van der Waals surface area contributed by atoms with E-state index in [-0.39, 0.29) is 36.8 Å². The Balaban J connectivity index is 2.10. The molecule has 0 unspecified atom stereocenters. The largest absolute Gasteiger partial charge is 0.308 e. The molecule has 1 aromatic heterocycles. The molecule has 120 valence electrons. The number of piperidine rings is 1. The Labute approximate surface area is 125 Å². The summed E-state index contributed by atoms with van der Waals surface area (Å²) < 4.78 is 51.6. The summed E-state index contributed by atoms with van der Waals surface area (Å²) in [4.78, 5) is 0. The molecule has 8 nitrogen and oxygen atoms in total. The molecule has 0 amide bonds. The first-order valence-corrected chi connectivity index (χ1v) is 10.0. The van der Waals surface area contributed by atoms with Gasteiger partial charge in [0.15, 0.2) is 0 Å². The van der Waals surface area contributed by atoms with E-state index in [1.165, 1.54) is 15.2 Å². The molecule has 1 aliphatic rings. The van der Waals surface area contributed by atoms with Crippen LogP contribution in [0.5, 0.6) is 0 Å². The predicted molar refractivity (Wildman–Crippen MR) is 76.9 cm³/mol. The van der Waals surface area contributed by atoms with Crippen molar-refractivity contribution in [1.82, 2.24) is 19.1 Å². The van der Waals surface area contributed by atoms with Gasteiger partial charge in [-0.05, 0) is 19.3 Å². The molecule has 0 radical (unpaired) electrons. The number of aromatic nitrogens is 3. The Hall–Kier alpha value is -1.00. The van der Waals surface area contributed by atoms with Crippen LogP contribution in [0.3, 0.4) is 0 Å². The summed E-state index contributed by atoms with van der Waals surface area (Å²) in [5.74, 6) is 0.105. The van der Waals surface area contributed by atoms with E-state index >= 15 is 0 Å². The monoisotopic (exact) mass is 336 g/mol. The van der Waals surface area contributed by atoms with Crippen molar-refractivity contribution in [1.29, 1.82) is 0 Å². The molecule has 21 heavy (non-hydrogen) atoms. The SMILES string of the molecule is CCCS(=O)(=O)N1CCC(S(=O)(=O)c2nncn2C)CC1. The van der Waals surface area contributed by atoms with Crippen molar-refractivity contribution in [3.8, 4) is 0 Å². The van der Waals surface area contributed by atoms with Gasteiger partial charge >= 0.3 is 0 Å². The van der Waals surface area contributed by atoms with Crippen LogP contribution >= 0.6 is 0 Å². The van der Waals surface area contributed by atoms with Gasteiger partial charge in [0, 0.05) is 20.1 Å². The fourth-order valence-corrected chi connectivity index (χ4v) is 5.77. The number of hydrogen-bond acceptors (Lipinski definition) is 6. The van der Waals surface area contributed by atoms with Crippen LogP contribution in [-0.4, -0.2) is 60.0 Å². The van der Waals surface area contributed by atoms with Crippen LogP contribution in [0, 0.1) is 0 Å². The van der Waals surface area contributed by atoms with Crippen molar-refractivity contribution in [3.05, 3.63) is 6.33 Å². The molecule has 10 heteroatoms. The Kier molecular flexibility index (Phi) is 4.69. The first kappa shape index (κ1) is 16.4. The first-order chi connectivity index (χ1) is 9.79. The lowest BCUT2D eigenvalue weighted by Gasteiger charge is -2.30. The molecule has 1 aromatic rings. The van der Waals surface area contributed by atoms with Crippen LogP contribution in [0.4, 0.5) is 0 Å². The van der Waals surface area contributed by atoms with E-state index in [2.05, 4.69) is 10.2 Å². The molecule has 0 N–H and O–H groups in total. The Morgan fingerprint density at radius 1 is 1.24 bits per heavy atom. The third-order valence-electron chi connectivity index (χ3n) is 3.62. The zero-order valence-electron chi connectivity index (χ0n) is 12.1. The van der Waals surface area contributed by atoms with Crippen LogP contribution < -0.4 is 0 Å². The predicted octanol–water partition coefficient (Wildman–Crippen LogP) is -0.207. The molecule has 0 spiro atoms. The minimum absolute atomic E-state index is 0.0580. The fourth-order valence-electron chi connectivity index (χ4n) is 2.49. The zero-order valence-corrected chi connectivity index (χ0v) is 13.8. The quantitative estimate of drug-likeness (QED) is 0.737. The molecular weight excluding hydrogens is 316 g/mol. The molecule has 0 bridgehead atoms. The van der Waals surface area contributed by atoms with Crippen molar-refractivity contribution in [2.24, 2.45) is 7.05 Å². The van der Waals surface area contributed by atoms with Gasteiger partial charge in [-0.25, -0.2) is 21.1 Å². The average molecular weight is 336 g/mol. The number of aryl methyl sites for hydroxylation is 1.